The van der Waals surface area contributed by atoms with Crippen molar-refractivity contribution in [3.8, 4) is 11.5 Å². The van der Waals surface area contributed by atoms with Gasteiger partial charge >= 0.3 is 5.97 Å². The normalized spacial score (nSPS) is 14.8. The monoisotopic (exact) mass is 484 g/mol. The molecule has 1 N–H and O–H groups in total. The first kappa shape index (κ1) is 21.4. The van der Waals surface area contributed by atoms with Crippen LogP contribution < -0.4 is 14.8 Å². The third-order valence-corrected chi connectivity index (χ3v) is 6.82. The fourth-order valence-electron chi connectivity index (χ4n) is 4.43. The second kappa shape index (κ2) is 8.88. The summed E-state index contributed by atoms with van der Waals surface area (Å²) < 4.78 is 16.1. The maximum Gasteiger partial charge on any atom is 0.339 e. The summed E-state index contributed by atoms with van der Waals surface area (Å²) in [4.78, 5) is 31.8. The first-order chi connectivity index (χ1) is 17.2. The fraction of sp³-hybridized carbons (Fsp3) is 0.148. The Morgan fingerprint density at radius 3 is 2.83 bits per heavy atom. The van der Waals surface area contributed by atoms with Crippen molar-refractivity contribution in [1.29, 1.82) is 0 Å². The highest BCUT2D eigenvalue weighted by Crippen LogP contribution is 2.38. The van der Waals surface area contributed by atoms with E-state index in [0.717, 1.165) is 39.0 Å². The van der Waals surface area contributed by atoms with Crippen LogP contribution in [0.25, 0.3) is 22.6 Å². The molecule has 0 unspecified atom stereocenters. The maximum absolute atomic E-state index is 13.3. The Morgan fingerprint density at radius 2 is 1.94 bits per heavy atom. The van der Waals surface area contributed by atoms with E-state index in [1.165, 1.54) is 0 Å². The number of ether oxygens (including phenoxy) is 3. The molecule has 35 heavy (non-hydrogen) atoms. The van der Waals surface area contributed by atoms with E-state index < -0.39 is 18.5 Å². The predicted octanol–water partition coefficient (Wildman–Crippen LogP) is 5.31. The summed E-state index contributed by atoms with van der Waals surface area (Å²) in [6.45, 7) is -0.255. The number of hydrogen-bond donors (Lipinski definition) is 1. The molecule has 0 saturated carbocycles. The van der Waals surface area contributed by atoms with Crippen LogP contribution in [0, 0.1) is 0 Å². The van der Waals surface area contributed by atoms with Gasteiger partial charge in [0.25, 0.3) is 5.91 Å². The van der Waals surface area contributed by atoms with E-state index in [2.05, 4.69) is 17.5 Å². The molecule has 2 aromatic heterocycles. The second-order valence-corrected chi connectivity index (χ2v) is 9.19. The van der Waals surface area contributed by atoms with Gasteiger partial charge in [0.1, 0.15) is 0 Å². The Hall–Kier alpha value is -4.17. The highest BCUT2D eigenvalue weighted by atomic mass is 32.1. The second-order valence-electron chi connectivity index (χ2n) is 8.21. The van der Waals surface area contributed by atoms with Gasteiger partial charge in [-0.05, 0) is 59.7 Å². The zero-order valence-corrected chi connectivity index (χ0v) is 19.4. The predicted molar refractivity (Wildman–Crippen MR) is 134 cm³/mol. The number of carbonyl (C=O) groups is 2. The molecule has 0 atom stereocenters. The molecule has 1 aliphatic carbocycles. The number of thiophene rings is 1. The highest BCUT2D eigenvalue weighted by Gasteiger charge is 2.28. The topological polar surface area (TPSA) is 86.8 Å². The minimum absolute atomic E-state index is 0.152. The van der Waals surface area contributed by atoms with E-state index in [4.69, 9.17) is 19.2 Å². The summed E-state index contributed by atoms with van der Waals surface area (Å²) in [6, 6.07) is 16.7. The molecule has 0 saturated heterocycles. The van der Waals surface area contributed by atoms with Gasteiger partial charge in [-0.2, -0.15) is 0 Å². The number of nitrogens with one attached hydrogen (secondary N) is 1. The number of hydrogen-bond acceptors (Lipinski definition) is 7. The van der Waals surface area contributed by atoms with E-state index in [0.29, 0.717) is 29.2 Å². The minimum Gasteiger partial charge on any atom is -0.454 e. The smallest absolute Gasteiger partial charge is 0.339 e. The van der Waals surface area contributed by atoms with Crippen molar-refractivity contribution in [2.24, 2.45) is 0 Å². The van der Waals surface area contributed by atoms with Gasteiger partial charge in [-0.15, -0.1) is 11.3 Å². The van der Waals surface area contributed by atoms with Crippen molar-refractivity contribution in [2.75, 3.05) is 18.7 Å². The number of allylic oxidation sites excluding steroid dienone is 1. The largest absolute Gasteiger partial charge is 0.454 e. The molecule has 1 aliphatic heterocycles. The van der Waals surface area contributed by atoms with E-state index in [1.807, 2.05) is 35.7 Å². The fourth-order valence-corrected chi connectivity index (χ4v) is 5.11. The molecule has 3 heterocycles. The lowest BCUT2D eigenvalue weighted by molar-refractivity contribution is -0.119. The summed E-state index contributed by atoms with van der Waals surface area (Å²) in [6.07, 6.45) is 3.62. The molecule has 8 heteroatoms. The van der Waals surface area contributed by atoms with Crippen molar-refractivity contribution in [3.63, 3.8) is 0 Å². The Labute approximate surface area is 205 Å². The number of nitrogens with zero attached hydrogens (tertiary/aromatic N) is 1. The van der Waals surface area contributed by atoms with Gasteiger partial charge in [0.05, 0.1) is 16.8 Å². The number of aromatic nitrogens is 1. The van der Waals surface area contributed by atoms with Crippen LogP contribution in [0.15, 0.2) is 60.0 Å². The Bertz CT molecular complexity index is 1490. The molecular formula is C27H20N2O5S. The lowest BCUT2D eigenvalue weighted by Gasteiger charge is -2.12. The van der Waals surface area contributed by atoms with Crippen LogP contribution in [0.5, 0.6) is 11.5 Å². The van der Waals surface area contributed by atoms with Crippen LogP contribution in [0.1, 0.15) is 32.9 Å². The minimum atomic E-state index is -0.530. The van der Waals surface area contributed by atoms with E-state index in [9.17, 15) is 9.59 Å². The quantitative estimate of drug-likeness (QED) is 0.387. The SMILES string of the molecule is O=C(COC(=O)c1c2c(nc3ccccc13)/C(=C/c1cccs1)CC2)Nc1ccc2c(c1)OCO2. The Balaban J connectivity index is 1.25. The molecule has 2 aliphatic rings. The van der Waals surface area contributed by atoms with Crippen LogP contribution in [0.4, 0.5) is 5.69 Å². The van der Waals surface area contributed by atoms with Crippen LogP contribution in [0.3, 0.4) is 0 Å². The molecule has 6 rings (SSSR count). The van der Waals surface area contributed by atoms with E-state index in [-0.39, 0.29) is 6.79 Å². The summed E-state index contributed by atoms with van der Waals surface area (Å²) >= 11 is 1.66. The third-order valence-electron chi connectivity index (χ3n) is 6.00. The van der Waals surface area contributed by atoms with Crippen molar-refractivity contribution in [3.05, 3.63) is 81.7 Å². The van der Waals surface area contributed by atoms with Crippen LogP contribution in [0.2, 0.25) is 0 Å². The van der Waals surface area contributed by atoms with E-state index >= 15 is 0 Å². The number of fused-ring (bicyclic) bond motifs is 3. The van der Waals surface area contributed by atoms with Crippen molar-refractivity contribution >= 4 is 51.5 Å². The van der Waals surface area contributed by atoms with Gasteiger partial charge in [0.15, 0.2) is 18.1 Å². The van der Waals surface area contributed by atoms with Crippen molar-refractivity contribution < 1.29 is 23.8 Å². The lowest BCUT2D eigenvalue weighted by Crippen LogP contribution is -2.21. The number of para-hydroxylation sites is 1. The van der Waals surface area contributed by atoms with Crippen LogP contribution in [-0.4, -0.2) is 30.3 Å². The third kappa shape index (κ3) is 4.13. The molecule has 174 valence electrons. The van der Waals surface area contributed by atoms with Gasteiger partial charge < -0.3 is 19.5 Å². The number of amides is 1. The molecular weight excluding hydrogens is 464 g/mol. The first-order valence-corrected chi connectivity index (χ1v) is 12.1. The highest BCUT2D eigenvalue weighted by molar-refractivity contribution is 7.10. The zero-order valence-electron chi connectivity index (χ0n) is 18.6. The average molecular weight is 485 g/mol. The molecule has 0 radical (unpaired) electrons. The standard InChI is InChI=1S/C27H20N2O5S/c30-24(28-17-8-10-22-23(13-17)34-15-33-22)14-32-27(31)25-19-5-1-2-6-21(19)29-26-16(7-9-20(25)26)12-18-4-3-11-35-18/h1-6,8,10-13H,7,9,14-15H2,(H,28,30)/b16-12+. The molecule has 7 nitrogen and oxygen atoms in total. The number of rotatable bonds is 5. The number of benzene rings is 2. The van der Waals surface area contributed by atoms with Gasteiger partial charge in [0.2, 0.25) is 6.79 Å². The summed E-state index contributed by atoms with van der Waals surface area (Å²) in [5, 5.41) is 5.49. The van der Waals surface area contributed by atoms with E-state index in [1.54, 1.807) is 29.5 Å². The number of esters is 1. The van der Waals surface area contributed by atoms with Gasteiger partial charge in [-0.3, -0.25) is 4.79 Å². The van der Waals surface area contributed by atoms with Gasteiger partial charge in [-0.25, -0.2) is 9.78 Å². The van der Waals surface area contributed by atoms with Gasteiger partial charge in [0, 0.05) is 22.0 Å². The maximum atomic E-state index is 13.3. The zero-order chi connectivity index (χ0) is 23.8. The van der Waals surface area contributed by atoms with Crippen LogP contribution in [-0.2, 0) is 16.0 Å². The first-order valence-electron chi connectivity index (χ1n) is 11.2. The molecule has 2 aromatic carbocycles. The van der Waals surface area contributed by atoms with Crippen molar-refractivity contribution in [2.45, 2.75) is 12.8 Å². The van der Waals surface area contributed by atoms with Crippen LogP contribution >= 0.6 is 11.3 Å². The number of pyridine rings is 1. The number of carbonyl (C=O) groups excluding carboxylic acids is 2. The number of anilines is 1. The van der Waals surface area contributed by atoms with Gasteiger partial charge in [-0.1, -0.05) is 24.3 Å². The molecule has 0 fully saturated rings. The Morgan fingerprint density at radius 1 is 1.06 bits per heavy atom. The summed E-state index contributed by atoms with van der Waals surface area (Å²) in [5.74, 6) is 0.217. The molecule has 1 amide bonds. The van der Waals surface area contributed by atoms with Crippen molar-refractivity contribution in [1.82, 2.24) is 4.98 Å². The molecule has 0 spiro atoms. The average Bonchev–Trinajstić information content (AvgIpc) is 3.63. The summed E-state index contributed by atoms with van der Waals surface area (Å²) in [7, 11) is 0. The molecule has 0 bridgehead atoms. The lowest BCUT2D eigenvalue weighted by atomic mass is 10.0. The molecule has 4 aromatic rings. The summed E-state index contributed by atoms with van der Waals surface area (Å²) in [5.41, 5.74) is 4.54. The Kier molecular flexibility index (Phi) is 5.42.